The Morgan fingerprint density at radius 2 is 2.05 bits per heavy atom. The van der Waals surface area contributed by atoms with Gasteiger partial charge in [-0.05, 0) is 42.9 Å². The maximum atomic E-state index is 12.0. The van der Waals surface area contributed by atoms with Crippen LogP contribution in [0, 0.1) is 5.92 Å². The number of fused-ring (bicyclic) bond motifs is 1. The van der Waals surface area contributed by atoms with Crippen molar-refractivity contribution in [3.63, 3.8) is 0 Å². The molecule has 1 N–H and O–H groups in total. The third-order valence-electron chi connectivity index (χ3n) is 4.14. The van der Waals surface area contributed by atoms with Crippen LogP contribution in [0.2, 0.25) is 0 Å². The summed E-state index contributed by atoms with van der Waals surface area (Å²) in [6, 6.07) is 6.04. The van der Waals surface area contributed by atoms with Crippen LogP contribution in [0.4, 0.5) is 5.69 Å². The van der Waals surface area contributed by atoms with Crippen molar-refractivity contribution in [3.8, 4) is 0 Å². The van der Waals surface area contributed by atoms with Crippen molar-refractivity contribution in [1.29, 1.82) is 0 Å². The molecule has 2 aliphatic rings. The molecule has 1 heterocycles. The summed E-state index contributed by atoms with van der Waals surface area (Å²) in [4.78, 5) is 24.7. The monoisotopic (exact) mass is 259 g/mol. The molecule has 3 rings (SSSR count). The predicted molar refractivity (Wildman–Crippen MR) is 71.2 cm³/mol. The molecule has 1 aliphatic carbocycles. The molecular weight excluding hydrogens is 242 g/mol. The van der Waals surface area contributed by atoms with Crippen LogP contribution < -0.4 is 4.90 Å². The number of amides is 1. The number of aryl methyl sites for hydroxylation is 1. The number of hydrogen-bond donors (Lipinski definition) is 1. The highest BCUT2D eigenvalue weighted by Crippen LogP contribution is 2.33. The van der Waals surface area contributed by atoms with Crippen molar-refractivity contribution in [2.45, 2.75) is 32.1 Å². The van der Waals surface area contributed by atoms with Crippen LogP contribution in [0.25, 0.3) is 0 Å². The molecule has 1 fully saturated rings. The summed E-state index contributed by atoms with van der Waals surface area (Å²) in [5, 5.41) is 9.06. The lowest BCUT2D eigenvalue weighted by molar-refractivity contribution is -0.141. The van der Waals surface area contributed by atoms with Crippen molar-refractivity contribution in [3.05, 3.63) is 29.3 Å². The summed E-state index contributed by atoms with van der Waals surface area (Å²) >= 11 is 0. The summed E-state index contributed by atoms with van der Waals surface area (Å²) in [7, 11) is 0. The number of rotatable bonds is 2. The number of carboxylic acid groups (broad SMARTS) is 1. The fourth-order valence-electron chi connectivity index (χ4n) is 3.12. The van der Waals surface area contributed by atoms with Gasteiger partial charge >= 0.3 is 5.97 Å². The zero-order chi connectivity index (χ0) is 13.4. The first-order valence-electron chi connectivity index (χ1n) is 6.81. The van der Waals surface area contributed by atoms with Gasteiger partial charge in [0.25, 0.3) is 0 Å². The van der Waals surface area contributed by atoms with Gasteiger partial charge in [0, 0.05) is 18.7 Å². The van der Waals surface area contributed by atoms with Crippen LogP contribution in [0.15, 0.2) is 18.2 Å². The summed E-state index contributed by atoms with van der Waals surface area (Å²) in [6.45, 7) is 0.310. The molecule has 0 saturated carbocycles. The number of carbonyl (C=O) groups excluding carboxylic acids is 1. The second-order valence-electron chi connectivity index (χ2n) is 5.37. The number of carbonyl (C=O) groups is 2. The minimum Gasteiger partial charge on any atom is -0.481 e. The standard InChI is InChI=1S/C15H17NO3/c17-14-8-11(15(18)19)9-16(14)13-7-3-5-10-4-1-2-6-12(10)13/h3,5,7,11H,1-2,4,6,8-9H2,(H,18,19)/t11-/m0/s1. The van der Waals surface area contributed by atoms with E-state index in [1.807, 2.05) is 12.1 Å². The Morgan fingerprint density at radius 3 is 2.79 bits per heavy atom. The quantitative estimate of drug-likeness (QED) is 0.883. The predicted octanol–water partition coefficient (Wildman–Crippen LogP) is 2.00. The molecule has 0 unspecified atom stereocenters. The third-order valence-corrected chi connectivity index (χ3v) is 4.14. The molecule has 0 aromatic heterocycles. The first-order valence-corrected chi connectivity index (χ1v) is 6.81. The van der Waals surface area contributed by atoms with Gasteiger partial charge < -0.3 is 10.0 Å². The molecule has 1 aromatic rings. The Morgan fingerprint density at radius 1 is 1.26 bits per heavy atom. The van der Waals surface area contributed by atoms with Gasteiger partial charge in [-0.2, -0.15) is 0 Å². The Kier molecular flexibility index (Phi) is 3.01. The number of nitrogens with zero attached hydrogens (tertiary/aromatic N) is 1. The zero-order valence-electron chi connectivity index (χ0n) is 10.8. The van der Waals surface area contributed by atoms with E-state index in [1.54, 1.807) is 4.90 Å². The SMILES string of the molecule is O=C(O)[C@H]1CC(=O)N(c2cccc3c2CCCC3)C1. The van der Waals surface area contributed by atoms with E-state index < -0.39 is 11.9 Å². The number of carboxylic acids is 1. The molecule has 0 spiro atoms. The van der Waals surface area contributed by atoms with Crippen molar-refractivity contribution >= 4 is 17.6 Å². The Balaban J connectivity index is 1.95. The molecule has 1 aromatic carbocycles. The molecule has 1 amide bonds. The van der Waals surface area contributed by atoms with E-state index in [2.05, 4.69) is 6.07 Å². The average Bonchev–Trinajstić information content (AvgIpc) is 2.80. The van der Waals surface area contributed by atoms with Crippen LogP contribution in [-0.2, 0) is 22.4 Å². The fourth-order valence-corrected chi connectivity index (χ4v) is 3.12. The van der Waals surface area contributed by atoms with E-state index >= 15 is 0 Å². The number of hydrogen-bond acceptors (Lipinski definition) is 2. The van der Waals surface area contributed by atoms with Crippen molar-refractivity contribution in [2.24, 2.45) is 5.92 Å². The summed E-state index contributed by atoms with van der Waals surface area (Å²) in [6.07, 6.45) is 4.52. The zero-order valence-corrected chi connectivity index (χ0v) is 10.8. The number of benzene rings is 1. The molecule has 4 nitrogen and oxygen atoms in total. The Labute approximate surface area is 112 Å². The largest absolute Gasteiger partial charge is 0.481 e. The number of aliphatic carboxylic acids is 1. The van der Waals surface area contributed by atoms with Crippen LogP contribution >= 0.6 is 0 Å². The van der Waals surface area contributed by atoms with E-state index in [9.17, 15) is 9.59 Å². The molecule has 1 aliphatic heterocycles. The van der Waals surface area contributed by atoms with Crippen LogP contribution in [0.3, 0.4) is 0 Å². The topological polar surface area (TPSA) is 57.6 Å². The van der Waals surface area contributed by atoms with Crippen molar-refractivity contribution in [1.82, 2.24) is 0 Å². The molecule has 0 bridgehead atoms. The maximum Gasteiger partial charge on any atom is 0.308 e. The molecule has 0 radical (unpaired) electrons. The van der Waals surface area contributed by atoms with Gasteiger partial charge in [-0.25, -0.2) is 0 Å². The second-order valence-corrected chi connectivity index (χ2v) is 5.37. The van der Waals surface area contributed by atoms with E-state index in [1.165, 1.54) is 17.5 Å². The first-order chi connectivity index (χ1) is 9.16. The van der Waals surface area contributed by atoms with E-state index in [0.717, 1.165) is 24.9 Å². The Bertz CT molecular complexity index is 538. The lowest BCUT2D eigenvalue weighted by Crippen LogP contribution is -2.27. The van der Waals surface area contributed by atoms with Crippen molar-refractivity contribution in [2.75, 3.05) is 11.4 Å². The maximum absolute atomic E-state index is 12.0. The molecular formula is C15H17NO3. The van der Waals surface area contributed by atoms with E-state index in [-0.39, 0.29) is 12.3 Å². The highest BCUT2D eigenvalue weighted by atomic mass is 16.4. The van der Waals surface area contributed by atoms with Crippen LogP contribution in [-0.4, -0.2) is 23.5 Å². The molecule has 100 valence electrons. The third kappa shape index (κ3) is 2.11. The van der Waals surface area contributed by atoms with E-state index in [4.69, 9.17) is 5.11 Å². The fraction of sp³-hybridized carbons (Fsp3) is 0.467. The van der Waals surface area contributed by atoms with Gasteiger partial charge in [0.1, 0.15) is 0 Å². The summed E-state index contributed by atoms with van der Waals surface area (Å²) in [5.74, 6) is -1.50. The highest BCUT2D eigenvalue weighted by Gasteiger charge is 2.36. The Hall–Kier alpha value is -1.84. The number of anilines is 1. The first kappa shape index (κ1) is 12.2. The van der Waals surface area contributed by atoms with Crippen LogP contribution in [0.5, 0.6) is 0 Å². The van der Waals surface area contributed by atoms with E-state index in [0.29, 0.717) is 6.54 Å². The minimum absolute atomic E-state index is 0.0635. The van der Waals surface area contributed by atoms with Gasteiger partial charge in [0.2, 0.25) is 5.91 Å². The lowest BCUT2D eigenvalue weighted by Gasteiger charge is -2.25. The molecule has 1 atom stereocenters. The molecule has 4 heteroatoms. The van der Waals surface area contributed by atoms with Gasteiger partial charge in [-0.15, -0.1) is 0 Å². The van der Waals surface area contributed by atoms with Crippen LogP contribution in [0.1, 0.15) is 30.4 Å². The molecule has 1 saturated heterocycles. The summed E-state index contributed by atoms with van der Waals surface area (Å²) < 4.78 is 0. The molecule has 19 heavy (non-hydrogen) atoms. The smallest absolute Gasteiger partial charge is 0.308 e. The summed E-state index contributed by atoms with van der Waals surface area (Å²) in [5.41, 5.74) is 3.49. The average molecular weight is 259 g/mol. The lowest BCUT2D eigenvalue weighted by atomic mass is 9.90. The van der Waals surface area contributed by atoms with Gasteiger partial charge in [0.05, 0.1) is 5.92 Å². The highest BCUT2D eigenvalue weighted by molar-refractivity contribution is 5.99. The van der Waals surface area contributed by atoms with Crippen molar-refractivity contribution < 1.29 is 14.7 Å². The minimum atomic E-state index is -0.874. The second kappa shape index (κ2) is 4.68. The normalized spacial score (nSPS) is 22.4. The van der Waals surface area contributed by atoms with Gasteiger partial charge in [0.15, 0.2) is 0 Å². The van der Waals surface area contributed by atoms with Gasteiger partial charge in [-0.3, -0.25) is 9.59 Å². The van der Waals surface area contributed by atoms with Gasteiger partial charge in [-0.1, -0.05) is 12.1 Å².